The Morgan fingerprint density at radius 1 is 1.07 bits per heavy atom. The van der Waals surface area contributed by atoms with Crippen molar-refractivity contribution in [2.24, 2.45) is 0 Å². The van der Waals surface area contributed by atoms with E-state index < -0.39 is 0 Å². The molecule has 0 bridgehead atoms. The molecular weight excluding hydrogens is 354 g/mol. The average Bonchev–Trinajstić information content (AvgIpc) is 3.25. The minimum absolute atomic E-state index is 0.109. The number of carbonyl (C=O) groups excluding carboxylic acids is 1. The predicted molar refractivity (Wildman–Crippen MR) is 109 cm³/mol. The maximum Gasteiger partial charge on any atom is 0.315 e. The van der Waals surface area contributed by atoms with Crippen molar-refractivity contribution >= 4 is 16.9 Å². The van der Waals surface area contributed by atoms with E-state index in [9.17, 15) is 4.79 Å². The fourth-order valence-corrected chi connectivity index (χ4v) is 3.83. The second-order valence-electron chi connectivity index (χ2n) is 7.10. The Bertz CT molecular complexity index is 979. The van der Waals surface area contributed by atoms with Gasteiger partial charge in [0.15, 0.2) is 0 Å². The molecule has 1 aliphatic rings. The van der Waals surface area contributed by atoms with Crippen LogP contribution in [0.4, 0.5) is 4.79 Å². The van der Waals surface area contributed by atoms with E-state index >= 15 is 0 Å². The zero-order valence-electron chi connectivity index (χ0n) is 16.2. The Morgan fingerprint density at radius 2 is 1.82 bits per heavy atom. The van der Waals surface area contributed by atoms with Crippen LogP contribution in [0.2, 0.25) is 0 Å². The third-order valence-corrected chi connectivity index (χ3v) is 5.30. The second-order valence-corrected chi connectivity index (χ2v) is 7.10. The van der Waals surface area contributed by atoms with Gasteiger partial charge in [0.05, 0.1) is 14.2 Å². The second kappa shape index (κ2) is 7.84. The number of nitrogens with one attached hydrogen (secondary N) is 3. The fourth-order valence-electron chi connectivity index (χ4n) is 3.83. The molecule has 0 spiro atoms. The molecule has 3 aromatic rings. The van der Waals surface area contributed by atoms with Gasteiger partial charge in [-0.25, -0.2) is 4.79 Å². The van der Waals surface area contributed by atoms with Gasteiger partial charge in [0.25, 0.3) is 0 Å². The number of ether oxygens (including phenoxy) is 2. The number of fused-ring (bicyclic) bond motifs is 3. The quantitative estimate of drug-likeness (QED) is 0.616. The number of aromatic nitrogens is 1. The molecule has 4 rings (SSSR count). The van der Waals surface area contributed by atoms with Crippen molar-refractivity contribution in [2.45, 2.75) is 25.3 Å². The Labute approximate surface area is 164 Å². The number of H-pyrrole nitrogens is 1. The molecule has 6 heteroatoms. The van der Waals surface area contributed by atoms with Crippen molar-refractivity contribution in [1.82, 2.24) is 15.6 Å². The van der Waals surface area contributed by atoms with Crippen LogP contribution in [0.25, 0.3) is 10.9 Å². The normalized spacial score (nSPS) is 15.3. The minimum Gasteiger partial charge on any atom is -0.497 e. The van der Waals surface area contributed by atoms with E-state index in [1.165, 1.54) is 16.6 Å². The summed E-state index contributed by atoms with van der Waals surface area (Å²) in [5, 5.41) is 7.22. The SMILES string of the molecule is COc1ccc(CCNC(=O)NC2Cc3[nH]c4ccc(OC)cc4c3C2)cc1. The molecule has 1 heterocycles. The molecule has 2 amide bonds. The Morgan fingerprint density at radius 3 is 2.57 bits per heavy atom. The maximum atomic E-state index is 12.3. The Kier molecular flexibility index (Phi) is 5.10. The van der Waals surface area contributed by atoms with Gasteiger partial charge in [-0.2, -0.15) is 0 Å². The number of aromatic amines is 1. The summed E-state index contributed by atoms with van der Waals surface area (Å²) in [5.74, 6) is 1.69. The highest BCUT2D eigenvalue weighted by atomic mass is 16.5. The van der Waals surface area contributed by atoms with E-state index in [0.29, 0.717) is 6.54 Å². The third-order valence-electron chi connectivity index (χ3n) is 5.30. The van der Waals surface area contributed by atoms with E-state index in [0.717, 1.165) is 41.8 Å². The first-order chi connectivity index (χ1) is 13.7. The van der Waals surface area contributed by atoms with Gasteiger partial charge in [-0.05, 0) is 54.3 Å². The molecule has 1 aromatic heterocycles. The molecule has 6 nitrogen and oxygen atoms in total. The van der Waals surface area contributed by atoms with Crippen LogP contribution in [0.15, 0.2) is 42.5 Å². The Hall–Kier alpha value is -3.15. The van der Waals surface area contributed by atoms with Gasteiger partial charge in [-0.1, -0.05) is 12.1 Å². The molecule has 146 valence electrons. The molecule has 2 aromatic carbocycles. The molecule has 3 N–H and O–H groups in total. The summed E-state index contributed by atoms with van der Waals surface area (Å²) in [6, 6.07) is 13.9. The minimum atomic E-state index is -0.120. The summed E-state index contributed by atoms with van der Waals surface area (Å²) in [6.07, 6.45) is 2.43. The number of hydrogen-bond donors (Lipinski definition) is 3. The lowest BCUT2D eigenvalue weighted by atomic mass is 10.1. The lowest BCUT2D eigenvalue weighted by Gasteiger charge is -2.14. The van der Waals surface area contributed by atoms with Crippen molar-refractivity contribution < 1.29 is 14.3 Å². The van der Waals surface area contributed by atoms with Crippen LogP contribution in [-0.4, -0.2) is 37.8 Å². The number of methoxy groups -OCH3 is 2. The van der Waals surface area contributed by atoms with Crippen LogP contribution in [0.5, 0.6) is 11.5 Å². The summed E-state index contributed by atoms with van der Waals surface area (Å²) in [7, 11) is 3.33. The van der Waals surface area contributed by atoms with Gasteiger partial charge in [0, 0.05) is 35.6 Å². The number of carbonyl (C=O) groups is 1. The van der Waals surface area contributed by atoms with Crippen molar-refractivity contribution in [1.29, 1.82) is 0 Å². The van der Waals surface area contributed by atoms with Crippen LogP contribution in [0.3, 0.4) is 0 Å². The summed E-state index contributed by atoms with van der Waals surface area (Å²) in [4.78, 5) is 15.7. The lowest BCUT2D eigenvalue weighted by Crippen LogP contribution is -2.43. The van der Waals surface area contributed by atoms with E-state index in [-0.39, 0.29) is 12.1 Å². The first kappa shape index (κ1) is 18.2. The summed E-state index contributed by atoms with van der Waals surface area (Å²) in [6.45, 7) is 0.594. The number of hydrogen-bond acceptors (Lipinski definition) is 3. The number of rotatable bonds is 6. The highest BCUT2D eigenvalue weighted by Gasteiger charge is 2.26. The van der Waals surface area contributed by atoms with Gasteiger partial charge >= 0.3 is 6.03 Å². The van der Waals surface area contributed by atoms with Gasteiger partial charge in [-0.15, -0.1) is 0 Å². The van der Waals surface area contributed by atoms with Crippen molar-refractivity contribution in [3.8, 4) is 11.5 Å². The monoisotopic (exact) mass is 379 g/mol. The molecule has 0 saturated heterocycles. The van der Waals surface area contributed by atoms with E-state index in [4.69, 9.17) is 9.47 Å². The fraction of sp³-hybridized carbons (Fsp3) is 0.318. The van der Waals surface area contributed by atoms with Crippen molar-refractivity contribution in [3.05, 3.63) is 59.3 Å². The van der Waals surface area contributed by atoms with Crippen molar-refractivity contribution in [3.63, 3.8) is 0 Å². The largest absolute Gasteiger partial charge is 0.497 e. The first-order valence-corrected chi connectivity index (χ1v) is 9.51. The number of urea groups is 1. The number of benzene rings is 2. The lowest BCUT2D eigenvalue weighted by molar-refractivity contribution is 0.237. The highest BCUT2D eigenvalue weighted by molar-refractivity contribution is 5.87. The molecule has 0 radical (unpaired) electrons. The molecule has 1 unspecified atom stereocenters. The molecule has 0 fully saturated rings. The van der Waals surface area contributed by atoms with Crippen LogP contribution in [-0.2, 0) is 19.3 Å². The smallest absolute Gasteiger partial charge is 0.315 e. The molecule has 1 aliphatic carbocycles. The summed E-state index contributed by atoms with van der Waals surface area (Å²) < 4.78 is 10.5. The van der Waals surface area contributed by atoms with Gasteiger partial charge in [0.2, 0.25) is 0 Å². The molecule has 1 atom stereocenters. The zero-order valence-corrected chi connectivity index (χ0v) is 16.2. The van der Waals surface area contributed by atoms with E-state index in [1.807, 2.05) is 36.4 Å². The van der Waals surface area contributed by atoms with Crippen LogP contribution in [0, 0.1) is 0 Å². The maximum absolute atomic E-state index is 12.3. The van der Waals surface area contributed by atoms with E-state index in [2.05, 4.69) is 21.7 Å². The van der Waals surface area contributed by atoms with Crippen LogP contribution < -0.4 is 20.1 Å². The molecular formula is C22H25N3O3. The average molecular weight is 379 g/mol. The molecule has 28 heavy (non-hydrogen) atoms. The highest BCUT2D eigenvalue weighted by Crippen LogP contribution is 2.32. The predicted octanol–water partition coefficient (Wildman–Crippen LogP) is 3.19. The topological polar surface area (TPSA) is 75.4 Å². The van der Waals surface area contributed by atoms with Crippen molar-refractivity contribution in [2.75, 3.05) is 20.8 Å². The van der Waals surface area contributed by atoms with Crippen LogP contribution >= 0.6 is 0 Å². The summed E-state index contributed by atoms with van der Waals surface area (Å²) >= 11 is 0. The zero-order chi connectivity index (χ0) is 19.5. The molecule has 0 aliphatic heterocycles. The first-order valence-electron chi connectivity index (χ1n) is 9.51. The summed E-state index contributed by atoms with van der Waals surface area (Å²) in [5.41, 5.74) is 4.76. The van der Waals surface area contributed by atoms with Gasteiger partial charge in [-0.3, -0.25) is 0 Å². The van der Waals surface area contributed by atoms with Gasteiger partial charge in [0.1, 0.15) is 11.5 Å². The standard InChI is InChI=1S/C22H25N3O3/c1-27-16-5-3-14(4-6-16)9-10-23-22(26)24-15-11-18-19-13-17(28-2)7-8-20(19)25-21(18)12-15/h3-8,13,15,25H,9-12H2,1-2H3,(H2,23,24,26). The van der Waals surface area contributed by atoms with Gasteiger partial charge < -0.3 is 25.1 Å². The van der Waals surface area contributed by atoms with E-state index in [1.54, 1.807) is 14.2 Å². The third kappa shape index (κ3) is 3.76. The van der Waals surface area contributed by atoms with Crippen LogP contribution in [0.1, 0.15) is 16.8 Å². The number of amides is 2. The Balaban J connectivity index is 1.29. The molecule has 0 saturated carbocycles.